The average molecular weight is 296 g/mol. The van der Waals surface area contributed by atoms with Crippen LogP contribution in [0.4, 0.5) is 20.6 Å². The first-order valence-corrected chi connectivity index (χ1v) is 6.67. The molecule has 110 valence electrons. The van der Waals surface area contributed by atoms with Crippen LogP contribution in [0.1, 0.15) is 0 Å². The van der Waals surface area contributed by atoms with Crippen LogP contribution in [0.2, 0.25) is 0 Å². The molecule has 0 aliphatic heterocycles. The zero-order chi connectivity index (χ0) is 15.5. The van der Waals surface area contributed by atoms with Crippen molar-refractivity contribution in [1.29, 1.82) is 0 Å². The summed E-state index contributed by atoms with van der Waals surface area (Å²) in [7, 11) is 0. The van der Waals surface area contributed by atoms with Crippen molar-refractivity contribution >= 4 is 28.2 Å². The summed E-state index contributed by atoms with van der Waals surface area (Å²) in [5.41, 5.74) is 1.06. The van der Waals surface area contributed by atoms with Gasteiger partial charge in [0.05, 0.1) is 5.69 Å². The Morgan fingerprint density at radius 1 is 0.955 bits per heavy atom. The summed E-state index contributed by atoms with van der Waals surface area (Å²) in [6, 6.07) is 15.4. The van der Waals surface area contributed by atoms with Crippen LogP contribution < -0.4 is 10.6 Å². The van der Waals surface area contributed by atoms with Gasteiger partial charge in [-0.25, -0.2) is 9.18 Å². The SMILES string of the molecule is O=C(Nc1ccc(F)cc1)Nc1cccc2ccc(O)cc12. The van der Waals surface area contributed by atoms with Gasteiger partial charge in [0.25, 0.3) is 0 Å². The van der Waals surface area contributed by atoms with Gasteiger partial charge in [0, 0.05) is 11.1 Å². The number of rotatable bonds is 2. The Kier molecular flexibility index (Phi) is 3.62. The summed E-state index contributed by atoms with van der Waals surface area (Å²) < 4.78 is 12.8. The van der Waals surface area contributed by atoms with E-state index in [-0.39, 0.29) is 11.6 Å². The molecule has 5 heteroatoms. The van der Waals surface area contributed by atoms with Crippen LogP contribution >= 0.6 is 0 Å². The van der Waals surface area contributed by atoms with Crippen LogP contribution in [0, 0.1) is 5.82 Å². The molecular weight excluding hydrogens is 283 g/mol. The van der Waals surface area contributed by atoms with Crippen molar-refractivity contribution in [2.75, 3.05) is 10.6 Å². The van der Waals surface area contributed by atoms with Gasteiger partial charge in [0.1, 0.15) is 11.6 Å². The molecule has 2 amide bonds. The number of aromatic hydroxyl groups is 1. The van der Waals surface area contributed by atoms with Crippen LogP contribution in [0.5, 0.6) is 5.75 Å². The number of fused-ring (bicyclic) bond motifs is 1. The molecule has 3 aromatic rings. The Bertz CT molecular complexity index is 832. The fraction of sp³-hybridized carbons (Fsp3) is 0. The van der Waals surface area contributed by atoms with Crippen molar-refractivity contribution < 1.29 is 14.3 Å². The third-order valence-corrected chi connectivity index (χ3v) is 3.22. The van der Waals surface area contributed by atoms with Crippen molar-refractivity contribution in [2.24, 2.45) is 0 Å². The highest BCUT2D eigenvalue weighted by molar-refractivity contribution is 6.06. The van der Waals surface area contributed by atoms with Gasteiger partial charge in [-0.3, -0.25) is 0 Å². The minimum atomic E-state index is -0.442. The molecule has 0 aliphatic rings. The lowest BCUT2D eigenvalue weighted by atomic mass is 10.1. The summed E-state index contributed by atoms with van der Waals surface area (Å²) in [5, 5.41) is 16.6. The van der Waals surface area contributed by atoms with Gasteiger partial charge in [-0.05, 0) is 47.9 Å². The first-order valence-electron chi connectivity index (χ1n) is 6.67. The first-order chi connectivity index (χ1) is 10.6. The molecule has 3 aromatic carbocycles. The number of amides is 2. The predicted octanol–water partition coefficient (Wildman–Crippen LogP) is 4.33. The Balaban J connectivity index is 1.82. The third-order valence-electron chi connectivity index (χ3n) is 3.22. The Morgan fingerprint density at radius 3 is 2.50 bits per heavy atom. The van der Waals surface area contributed by atoms with Gasteiger partial charge < -0.3 is 15.7 Å². The molecule has 3 rings (SSSR count). The fourth-order valence-electron chi connectivity index (χ4n) is 2.19. The maximum atomic E-state index is 12.8. The highest BCUT2D eigenvalue weighted by Gasteiger charge is 2.07. The molecule has 0 heterocycles. The predicted molar refractivity (Wildman–Crippen MR) is 84.7 cm³/mol. The van der Waals surface area contributed by atoms with Gasteiger partial charge in [-0.15, -0.1) is 0 Å². The topological polar surface area (TPSA) is 61.4 Å². The zero-order valence-electron chi connectivity index (χ0n) is 11.5. The zero-order valence-corrected chi connectivity index (χ0v) is 11.5. The lowest BCUT2D eigenvalue weighted by Gasteiger charge is -2.10. The molecule has 0 fully saturated rings. The van der Waals surface area contributed by atoms with Crippen molar-refractivity contribution in [3.8, 4) is 5.75 Å². The van der Waals surface area contributed by atoms with Gasteiger partial charge in [-0.2, -0.15) is 0 Å². The molecule has 0 saturated heterocycles. The van der Waals surface area contributed by atoms with E-state index in [4.69, 9.17) is 0 Å². The number of anilines is 2. The largest absolute Gasteiger partial charge is 0.508 e. The molecule has 0 spiro atoms. The van der Waals surface area contributed by atoms with E-state index >= 15 is 0 Å². The van der Waals surface area contributed by atoms with E-state index in [1.54, 1.807) is 24.3 Å². The number of nitrogens with one attached hydrogen (secondary N) is 2. The molecule has 0 atom stereocenters. The molecule has 0 bridgehead atoms. The summed E-state index contributed by atoms with van der Waals surface area (Å²) in [6.45, 7) is 0. The van der Waals surface area contributed by atoms with E-state index in [0.717, 1.165) is 10.8 Å². The molecule has 0 unspecified atom stereocenters. The number of carbonyl (C=O) groups is 1. The number of carbonyl (C=O) groups excluding carboxylic acids is 1. The molecule has 0 aliphatic carbocycles. The second-order valence-corrected chi connectivity index (χ2v) is 4.80. The molecule has 0 radical (unpaired) electrons. The lowest BCUT2D eigenvalue weighted by molar-refractivity contribution is 0.262. The normalized spacial score (nSPS) is 10.4. The Hall–Kier alpha value is -3.08. The highest BCUT2D eigenvalue weighted by atomic mass is 19.1. The summed E-state index contributed by atoms with van der Waals surface area (Å²) in [5.74, 6) is -0.240. The van der Waals surface area contributed by atoms with E-state index < -0.39 is 6.03 Å². The van der Waals surface area contributed by atoms with E-state index in [2.05, 4.69) is 10.6 Å². The average Bonchev–Trinajstić information content (AvgIpc) is 2.50. The lowest BCUT2D eigenvalue weighted by Crippen LogP contribution is -2.19. The minimum Gasteiger partial charge on any atom is -0.508 e. The second kappa shape index (κ2) is 5.73. The van der Waals surface area contributed by atoms with Gasteiger partial charge in [-0.1, -0.05) is 18.2 Å². The molecule has 22 heavy (non-hydrogen) atoms. The smallest absolute Gasteiger partial charge is 0.323 e. The van der Waals surface area contributed by atoms with Crippen molar-refractivity contribution in [3.63, 3.8) is 0 Å². The number of hydrogen-bond acceptors (Lipinski definition) is 2. The van der Waals surface area contributed by atoms with Crippen molar-refractivity contribution in [2.45, 2.75) is 0 Å². The Labute approximate surface area is 126 Å². The fourth-order valence-corrected chi connectivity index (χ4v) is 2.19. The molecule has 0 saturated carbocycles. The van der Waals surface area contributed by atoms with E-state index in [0.29, 0.717) is 11.4 Å². The number of halogens is 1. The Morgan fingerprint density at radius 2 is 1.73 bits per heavy atom. The van der Waals surface area contributed by atoms with Crippen LogP contribution in [-0.2, 0) is 0 Å². The molecular formula is C17H13FN2O2. The second-order valence-electron chi connectivity index (χ2n) is 4.80. The first kappa shape index (κ1) is 13.9. The third kappa shape index (κ3) is 2.98. The van der Waals surface area contributed by atoms with E-state index in [1.165, 1.54) is 24.3 Å². The van der Waals surface area contributed by atoms with E-state index in [1.807, 2.05) is 12.1 Å². The molecule has 0 aromatic heterocycles. The minimum absolute atomic E-state index is 0.126. The number of phenols is 1. The number of hydrogen-bond donors (Lipinski definition) is 3. The summed E-state index contributed by atoms with van der Waals surface area (Å²) >= 11 is 0. The highest BCUT2D eigenvalue weighted by Crippen LogP contribution is 2.27. The number of phenolic OH excluding ortho intramolecular Hbond substituents is 1. The monoisotopic (exact) mass is 296 g/mol. The van der Waals surface area contributed by atoms with Gasteiger partial charge in [0.15, 0.2) is 0 Å². The molecule has 4 nitrogen and oxygen atoms in total. The van der Waals surface area contributed by atoms with Crippen molar-refractivity contribution in [1.82, 2.24) is 0 Å². The summed E-state index contributed by atoms with van der Waals surface area (Å²) in [4.78, 5) is 12.0. The van der Waals surface area contributed by atoms with Crippen LogP contribution in [0.3, 0.4) is 0 Å². The summed E-state index contributed by atoms with van der Waals surface area (Å²) in [6.07, 6.45) is 0. The van der Waals surface area contributed by atoms with Gasteiger partial charge in [0.2, 0.25) is 0 Å². The number of urea groups is 1. The van der Waals surface area contributed by atoms with Crippen LogP contribution in [0.15, 0.2) is 60.7 Å². The quantitative estimate of drug-likeness (QED) is 0.659. The van der Waals surface area contributed by atoms with Gasteiger partial charge >= 0.3 is 6.03 Å². The van der Waals surface area contributed by atoms with Crippen LogP contribution in [0.25, 0.3) is 10.8 Å². The number of benzene rings is 3. The van der Waals surface area contributed by atoms with Crippen LogP contribution in [-0.4, -0.2) is 11.1 Å². The van der Waals surface area contributed by atoms with E-state index in [9.17, 15) is 14.3 Å². The standard InChI is InChI=1S/C17H13FN2O2/c18-12-5-7-13(8-6-12)19-17(22)20-16-3-1-2-11-4-9-14(21)10-15(11)16/h1-10,21H,(H2,19,20,22). The maximum absolute atomic E-state index is 12.8. The van der Waals surface area contributed by atoms with Crippen molar-refractivity contribution in [3.05, 3.63) is 66.5 Å². The molecule has 3 N–H and O–H groups in total. The maximum Gasteiger partial charge on any atom is 0.323 e.